The smallest absolute Gasteiger partial charge is 0.257 e. The highest BCUT2D eigenvalue weighted by atomic mass is 35.5. The molecule has 24 heavy (non-hydrogen) atoms. The maximum Gasteiger partial charge on any atom is 0.257 e. The molecule has 0 aliphatic rings. The van der Waals surface area contributed by atoms with Gasteiger partial charge in [-0.15, -0.1) is 0 Å². The fourth-order valence-corrected chi connectivity index (χ4v) is 3.35. The summed E-state index contributed by atoms with van der Waals surface area (Å²) in [6, 6.07) is 8.88. The summed E-state index contributed by atoms with van der Waals surface area (Å²) < 4.78 is 10.9. The van der Waals surface area contributed by atoms with E-state index in [1.54, 1.807) is 30.5 Å². The summed E-state index contributed by atoms with van der Waals surface area (Å²) in [6.07, 6.45) is 1.58. The van der Waals surface area contributed by atoms with Crippen LogP contribution < -0.4 is 5.32 Å². The van der Waals surface area contributed by atoms with Crippen molar-refractivity contribution >= 4 is 40.4 Å². The Kier molecular flexibility index (Phi) is 5.16. The van der Waals surface area contributed by atoms with Gasteiger partial charge in [0.05, 0.1) is 18.1 Å². The van der Waals surface area contributed by atoms with Crippen molar-refractivity contribution in [2.45, 2.75) is 30.9 Å². The highest BCUT2D eigenvalue weighted by Crippen LogP contribution is 2.31. The third kappa shape index (κ3) is 3.94. The molecule has 1 amide bonds. The van der Waals surface area contributed by atoms with E-state index in [1.807, 2.05) is 19.9 Å². The number of nitrogens with zero attached hydrogens (tertiary/aromatic N) is 1. The first-order valence-corrected chi connectivity index (χ1v) is 8.81. The maximum absolute atomic E-state index is 12.5. The average Bonchev–Trinajstić information content (AvgIpc) is 3.18. The number of benzene rings is 1. The molecule has 0 spiro atoms. The highest BCUT2D eigenvalue weighted by Gasteiger charge is 2.26. The summed E-state index contributed by atoms with van der Waals surface area (Å²) in [5, 5.41) is 3.63. The van der Waals surface area contributed by atoms with Crippen LogP contribution >= 0.6 is 23.4 Å². The lowest BCUT2D eigenvalue weighted by molar-refractivity contribution is -0.121. The van der Waals surface area contributed by atoms with Crippen LogP contribution in [-0.2, 0) is 11.3 Å². The normalized spacial score (nSPS) is 12.7. The summed E-state index contributed by atoms with van der Waals surface area (Å²) in [6.45, 7) is 4.34. The van der Waals surface area contributed by atoms with Crippen LogP contribution in [0.5, 0.6) is 0 Å². The number of amides is 1. The molecule has 1 atom stereocenters. The zero-order chi connectivity index (χ0) is 17.1. The Morgan fingerprint density at radius 1 is 1.38 bits per heavy atom. The maximum atomic E-state index is 12.5. The Balaban J connectivity index is 1.71. The molecule has 0 saturated heterocycles. The molecule has 2 heterocycles. The summed E-state index contributed by atoms with van der Waals surface area (Å²) >= 11 is 7.27. The van der Waals surface area contributed by atoms with Gasteiger partial charge in [-0.1, -0.05) is 37.2 Å². The van der Waals surface area contributed by atoms with Crippen LogP contribution in [-0.4, -0.2) is 16.1 Å². The Morgan fingerprint density at radius 3 is 2.92 bits per heavy atom. The van der Waals surface area contributed by atoms with Crippen LogP contribution in [0.1, 0.15) is 19.6 Å². The average molecular weight is 365 g/mol. The van der Waals surface area contributed by atoms with Gasteiger partial charge in [-0.05, 0) is 36.2 Å². The number of aromatic nitrogens is 1. The summed E-state index contributed by atoms with van der Waals surface area (Å²) in [4.78, 5) is 16.9. The molecule has 0 aliphatic carbocycles. The molecule has 3 aromatic rings. The van der Waals surface area contributed by atoms with Crippen molar-refractivity contribution in [3.8, 4) is 0 Å². The molecule has 3 rings (SSSR count). The molecule has 1 aromatic carbocycles. The van der Waals surface area contributed by atoms with Crippen LogP contribution in [0.15, 0.2) is 50.7 Å². The molecule has 0 fully saturated rings. The topological polar surface area (TPSA) is 68.3 Å². The highest BCUT2D eigenvalue weighted by molar-refractivity contribution is 8.00. The van der Waals surface area contributed by atoms with Crippen LogP contribution in [0, 0.1) is 5.92 Å². The van der Waals surface area contributed by atoms with Gasteiger partial charge < -0.3 is 14.2 Å². The van der Waals surface area contributed by atoms with E-state index in [2.05, 4.69) is 10.3 Å². The zero-order valence-corrected chi connectivity index (χ0v) is 14.9. The van der Waals surface area contributed by atoms with Crippen molar-refractivity contribution in [3.63, 3.8) is 0 Å². The van der Waals surface area contributed by atoms with E-state index in [4.69, 9.17) is 20.4 Å². The molecule has 0 saturated carbocycles. The second-order valence-corrected chi connectivity index (χ2v) is 7.20. The quantitative estimate of drug-likeness (QED) is 0.652. The number of carbonyl (C=O) groups is 1. The number of rotatable bonds is 6. The van der Waals surface area contributed by atoms with Crippen LogP contribution in [0.25, 0.3) is 11.1 Å². The SMILES string of the molecule is CC(C)C(Sc1nc2cc(Cl)ccc2o1)C(=O)NCc1ccco1. The monoisotopic (exact) mass is 364 g/mol. The van der Waals surface area contributed by atoms with Crippen molar-refractivity contribution in [1.29, 1.82) is 0 Å². The Hall–Kier alpha value is -1.92. The van der Waals surface area contributed by atoms with Crippen molar-refractivity contribution in [2.75, 3.05) is 0 Å². The van der Waals surface area contributed by atoms with Gasteiger partial charge in [-0.25, -0.2) is 4.98 Å². The van der Waals surface area contributed by atoms with Crippen molar-refractivity contribution in [3.05, 3.63) is 47.4 Å². The predicted molar refractivity (Wildman–Crippen MR) is 94.1 cm³/mol. The number of fused-ring (bicyclic) bond motifs is 1. The van der Waals surface area contributed by atoms with Crippen molar-refractivity contribution in [2.24, 2.45) is 5.92 Å². The van der Waals surface area contributed by atoms with Crippen molar-refractivity contribution < 1.29 is 13.6 Å². The minimum absolute atomic E-state index is 0.0771. The number of carbonyl (C=O) groups excluding carboxylic acids is 1. The number of thioether (sulfide) groups is 1. The molecule has 1 unspecified atom stereocenters. The standard InChI is InChI=1S/C17H17ClN2O3S/c1-10(2)15(16(21)19-9-12-4-3-7-22-12)24-17-20-13-8-11(18)5-6-14(13)23-17/h3-8,10,15H,9H2,1-2H3,(H,19,21). The Labute approximate surface area is 148 Å². The van der Waals surface area contributed by atoms with E-state index in [-0.39, 0.29) is 17.1 Å². The molecule has 0 aliphatic heterocycles. The van der Waals surface area contributed by atoms with Gasteiger partial charge in [-0.3, -0.25) is 4.79 Å². The number of nitrogens with one attached hydrogen (secondary N) is 1. The molecule has 0 bridgehead atoms. The molecule has 2 aromatic heterocycles. The predicted octanol–water partition coefficient (Wildman–Crippen LogP) is 4.51. The van der Waals surface area contributed by atoms with Gasteiger partial charge in [0, 0.05) is 5.02 Å². The molecular weight excluding hydrogens is 348 g/mol. The largest absolute Gasteiger partial charge is 0.467 e. The van der Waals surface area contributed by atoms with E-state index in [9.17, 15) is 4.79 Å². The fourth-order valence-electron chi connectivity index (χ4n) is 2.22. The van der Waals surface area contributed by atoms with Crippen LogP contribution in [0.4, 0.5) is 0 Å². The molecule has 1 N–H and O–H groups in total. The second kappa shape index (κ2) is 7.32. The number of hydrogen-bond acceptors (Lipinski definition) is 5. The van der Waals surface area contributed by atoms with E-state index < -0.39 is 0 Å². The van der Waals surface area contributed by atoms with E-state index in [1.165, 1.54) is 11.8 Å². The van der Waals surface area contributed by atoms with Crippen molar-refractivity contribution in [1.82, 2.24) is 10.3 Å². The minimum Gasteiger partial charge on any atom is -0.467 e. The number of furan rings is 1. The summed E-state index contributed by atoms with van der Waals surface area (Å²) in [7, 11) is 0. The lowest BCUT2D eigenvalue weighted by atomic mass is 10.1. The Morgan fingerprint density at radius 2 is 2.21 bits per heavy atom. The van der Waals surface area contributed by atoms with Gasteiger partial charge in [0.25, 0.3) is 5.22 Å². The molecular formula is C17H17ClN2O3S. The van der Waals surface area contributed by atoms with Gasteiger partial charge in [0.2, 0.25) is 5.91 Å². The van der Waals surface area contributed by atoms with E-state index in [0.29, 0.717) is 33.7 Å². The first-order valence-electron chi connectivity index (χ1n) is 7.56. The zero-order valence-electron chi connectivity index (χ0n) is 13.3. The summed E-state index contributed by atoms with van der Waals surface area (Å²) in [5.74, 6) is 0.754. The number of oxazole rings is 1. The second-order valence-electron chi connectivity index (χ2n) is 5.67. The summed E-state index contributed by atoms with van der Waals surface area (Å²) in [5.41, 5.74) is 1.34. The Bertz CT molecular complexity index is 830. The number of hydrogen-bond donors (Lipinski definition) is 1. The third-order valence-electron chi connectivity index (χ3n) is 3.44. The molecule has 0 radical (unpaired) electrons. The third-order valence-corrected chi connectivity index (χ3v) is 5.06. The van der Waals surface area contributed by atoms with E-state index in [0.717, 1.165) is 0 Å². The van der Waals surface area contributed by atoms with Crippen LogP contribution in [0.3, 0.4) is 0 Å². The molecule has 5 nitrogen and oxygen atoms in total. The lowest BCUT2D eigenvalue weighted by Gasteiger charge is -2.17. The minimum atomic E-state index is -0.316. The first kappa shape index (κ1) is 16.9. The number of halogens is 1. The fraction of sp³-hybridized carbons (Fsp3) is 0.294. The van der Waals surface area contributed by atoms with Gasteiger partial charge in [0.15, 0.2) is 5.58 Å². The lowest BCUT2D eigenvalue weighted by Crippen LogP contribution is -2.35. The first-order chi connectivity index (χ1) is 11.5. The van der Waals surface area contributed by atoms with Gasteiger partial charge in [-0.2, -0.15) is 0 Å². The molecule has 126 valence electrons. The van der Waals surface area contributed by atoms with E-state index >= 15 is 0 Å². The van der Waals surface area contributed by atoms with Gasteiger partial charge in [0.1, 0.15) is 11.3 Å². The molecule has 7 heteroatoms. The van der Waals surface area contributed by atoms with Gasteiger partial charge >= 0.3 is 0 Å². The van der Waals surface area contributed by atoms with Crippen LogP contribution in [0.2, 0.25) is 5.02 Å².